The molecule has 37 heavy (non-hydrogen) atoms. The quantitative estimate of drug-likeness (QED) is 0.459. The highest BCUT2D eigenvalue weighted by Gasteiger charge is 2.31. The summed E-state index contributed by atoms with van der Waals surface area (Å²) in [6.07, 6.45) is 0.272. The van der Waals surface area contributed by atoms with Crippen molar-refractivity contribution >= 4 is 44.3 Å². The van der Waals surface area contributed by atoms with Gasteiger partial charge < -0.3 is 25.6 Å². The van der Waals surface area contributed by atoms with Gasteiger partial charge in [0.05, 0.1) is 35.0 Å². The van der Waals surface area contributed by atoms with Crippen molar-refractivity contribution in [2.45, 2.75) is 31.7 Å². The van der Waals surface area contributed by atoms with Gasteiger partial charge in [0.1, 0.15) is 11.5 Å². The van der Waals surface area contributed by atoms with Gasteiger partial charge in [-0.1, -0.05) is 0 Å². The Morgan fingerprint density at radius 3 is 2.38 bits per heavy atom. The summed E-state index contributed by atoms with van der Waals surface area (Å²) in [5.41, 5.74) is 7.19. The third kappa shape index (κ3) is 5.64. The molecule has 3 amide bonds. The number of nitrogens with two attached hydrogens (primary N) is 1. The van der Waals surface area contributed by atoms with Crippen LogP contribution in [0.25, 0.3) is 0 Å². The number of sulfonamides is 1. The first-order valence-electron chi connectivity index (χ1n) is 12.3. The molecule has 0 saturated carbocycles. The molecule has 0 spiro atoms. The van der Waals surface area contributed by atoms with Crippen LogP contribution in [0.1, 0.15) is 45.0 Å². The third-order valence-electron chi connectivity index (χ3n) is 6.72. The van der Waals surface area contributed by atoms with E-state index in [4.69, 9.17) is 10.5 Å². The molecule has 1 atom stereocenters. The van der Waals surface area contributed by atoms with E-state index in [1.165, 1.54) is 49.7 Å². The molecule has 11 nitrogen and oxygen atoms in total. The maximum absolute atomic E-state index is 13.1. The maximum Gasteiger partial charge on any atom is 0.409 e. The van der Waals surface area contributed by atoms with Crippen LogP contribution in [0.4, 0.5) is 9.80 Å². The Morgan fingerprint density at radius 1 is 1.11 bits per heavy atom. The van der Waals surface area contributed by atoms with Gasteiger partial charge in [-0.15, -0.1) is 11.3 Å². The number of ether oxygens (including phenoxy) is 1. The fraction of sp³-hybridized carbons (Fsp3) is 0.458. The molecule has 1 aromatic carbocycles. The van der Waals surface area contributed by atoms with Crippen LogP contribution < -0.4 is 16.0 Å². The Morgan fingerprint density at radius 2 is 1.78 bits per heavy atom. The lowest BCUT2D eigenvalue weighted by molar-refractivity contribution is -0.913. The second-order valence-corrected chi connectivity index (χ2v) is 12.0. The number of nitrogens with one attached hydrogen (secondary N) is 2. The number of likely N-dealkylation sites (N-methyl/N-ethyl adjacent to an activating group) is 1. The number of thiophene rings is 1. The summed E-state index contributed by atoms with van der Waals surface area (Å²) in [5.74, 6) is -1.02. The zero-order valence-corrected chi connectivity index (χ0v) is 22.5. The minimum atomic E-state index is -3.79. The number of rotatable bonds is 7. The van der Waals surface area contributed by atoms with Crippen molar-refractivity contribution in [2.75, 3.05) is 51.2 Å². The van der Waals surface area contributed by atoms with Crippen molar-refractivity contribution in [2.24, 2.45) is 5.73 Å². The molecule has 2 aliphatic heterocycles. The highest BCUT2D eigenvalue weighted by atomic mass is 32.2. The van der Waals surface area contributed by atoms with Gasteiger partial charge in [-0.3, -0.25) is 9.59 Å². The average Bonchev–Trinajstić information content (AvgIpc) is 3.26. The summed E-state index contributed by atoms with van der Waals surface area (Å²) >= 11 is 1.37. The average molecular weight is 551 g/mol. The van der Waals surface area contributed by atoms with Crippen LogP contribution in [0, 0.1) is 0 Å². The second-order valence-electron chi connectivity index (χ2n) is 8.92. The molecule has 3 heterocycles. The minimum absolute atomic E-state index is 0.0562. The predicted octanol–water partition coefficient (Wildman–Crippen LogP) is 0.523. The number of amides is 3. The first-order valence-corrected chi connectivity index (χ1v) is 14.5. The topological polar surface area (TPSA) is 144 Å². The summed E-state index contributed by atoms with van der Waals surface area (Å²) in [5, 5.41) is 3.23. The Hall–Kier alpha value is -3.00. The van der Waals surface area contributed by atoms with E-state index in [0.29, 0.717) is 10.6 Å². The first-order chi connectivity index (χ1) is 17.6. The lowest BCUT2D eigenvalue weighted by atomic mass is 10.0. The number of anilines is 1. The number of nitrogens with zero attached hydrogens (tertiary/aromatic N) is 2. The van der Waals surface area contributed by atoms with Gasteiger partial charge in [0.25, 0.3) is 11.8 Å². The molecule has 4 rings (SSSR count). The number of piperazine rings is 1. The molecule has 2 aromatic rings. The van der Waals surface area contributed by atoms with Crippen LogP contribution in [0.15, 0.2) is 29.2 Å². The zero-order chi connectivity index (χ0) is 26.7. The molecule has 1 saturated heterocycles. The molecule has 1 aromatic heterocycles. The van der Waals surface area contributed by atoms with E-state index in [-0.39, 0.29) is 43.2 Å². The standard InChI is InChI=1S/C24H31N5O6S2/c1-3-27-10-9-18-19(15-27)36-23(20(18)21(25)30)26-22(31)16-5-7-17(8-6-16)37(33,34)29-13-11-28(12-14-29)24(32)35-4-2/h5-8H,3-4,9-15H2,1-2H3,(H2,25,30)(H,26,31)/p+1. The van der Waals surface area contributed by atoms with E-state index in [2.05, 4.69) is 12.2 Å². The van der Waals surface area contributed by atoms with Crippen LogP contribution in [-0.4, -0.2) is 81.4 Å². The van der Waals surface area contributed by atoms with E-state index < -0.39 is 27.9 Å². The molecule has 1 unspecified atom stereocenters. The minimum Gasteiger partial charge on any atom is -0.450 e. The van der Waals surface area contributed by atoms with Crippen LogP contribution in [0.5, 0.6) is 0 Å². The Kier molecular flexibility index (Phi) is 8.17. The number of hydrogen-bond acceptors (Lipinski definition) is 7. The van der Waals surface area contributed by atoms with Crippen molar-refractivity contribution in [1.82, 2.24) is 9.21 Å². The molecule has 0 radical (unpaired) electrons. The van der Waals surface area contributed by atoms with E-state index in [9.17, 15) is 22.8 Å². The highest BCUT2D eigenvalue weighted by Crippen LogP contribution is 2.34. The van der Waals surface area contributed by atoms with Gasteiger partial charge in [-0.05, 0) is 43.7 Å². The lowest BCUT2D eigenvalue weighted by Crippen LogP contribution is -3.11. The molecular weight excluding hydrogens is 518 g/mol. The molecular formula is C24H32N5O6S2+. The zero-order valence-electron chi connectivity index (χ0n) is 20.9. The van der Waals surface area contributed by atoms with Gasteiger partial charge in [0.2, 0.25) is 10.0 Å². The van der Waals surface area contributed by atoms with Crippen LogP contribution in [0.2, 0.25) is 0 Å². The summed E-state index contributed by atoms with van der Waals surface area (Å²) < 4.78 is 32.5. The number of hydrogen-bond donors (Lipinski definition) is 3. The maximum atomic E-state index is 13.1. The number of carbonyl (C=O) groups excluding carboxylic acids is 3. The number of primary amides is 1. The second kappa shape index (κ2) is 11.2. The number of carbonyl (C=O) groups is 3. The summed E-state index contributed by atoms with van der Waals surface area (Å²) in [4.78, 5) is 41.0. The van der Waals surface area contributed by atoms with Crippen molar-refractivity contribution in [1.29, 1.82) is 0 Å². The number of fused-ring (bicyclic) bond motifs is 1. The first kappa shape index (κ1) is 27.0. The molecule has 1 fully saturated rings. The normalized spacial score (nSPS) is 18.2. The number of benzene rings is 1. The van der Waals surface area contributed by atoms with Crippen molar-refractivity contribution in [3.05, 3.63) is 45.8 Å². The van der Waals surface area contributed by atoms with E-state index in [1.807, 2.05) is 0 Å². The van der Waals surface area contributed by atoms with Gasteiger partial charge in [-0.2, -0.15) is 4.31 Å². The van der Waals surface area contributed by atoms with E-state index in [0.717, 1.165) is 36.5 Å². The fourth-order valence-corrected chi connectivity index (χ4v) is 7.36. The third-order valence-corrected chi connectivity index (χ3v) is 9.78. The lowest BCUT2D eigenvalue weighted by Gasteiger charge is -2.33. The largest absolute Gasteiger partial charge is 0.450 e. The summed E-state index contributed by atoms with van der Waals surface area (Å²) in [6, 6.07) is 5.66. The Bertz CT molecular complexity index is 1280. The van der Waals surface area contributed by atoms with Crippen LogP contribution in [-0.2, 0) is 27.7 Å². The molecule has 13 heteroatoms. The van der Waals surface area contributed by atoms with Gasteiger partial charge >= 0.3 is 6.09 Å². The summed E-state index contributed by atoms with van der Waals surface area (Å²) in [6.45, 7) is 7.53. The predicted molar refractivity (Wildman–Crippen MR) is 138 cm³/mol. The van der Waals surface area contributed by atoms with Gasteiger partial charge in [-0.25, -0.2) is 13.2 Å². The van der Waals surface area contributed by atoms with Gasteiger partial charge in [0.15, 0.2) is 0 Å². The highest BCUT2D eigenvalue weighted by molar-refractivity contribution is 7.89. The van der Waals surface area contributed by atoms with E-state index >= 15 is 0 Å². The molecule has 4 N–H and O–H groups in total. The summed E-state index contributed by atoms with van der Waals surface area (Å²) in [7, 11) is -3.79. The Labute approximate surface area is 220 Å². The van der Waals surface area contributed by atoms with Gasteiger partial charge in [0, 0.05) is 38.2 Å². The molecule has 200 valence electrons. The van der Waals surface area contributed by atoms with Crippen molar-refractivity contribution in [3.8, 4) is 0 Å². The smallest absolute Gasteiger partial charge is 0.409 e. The molecule has 0 aliphatic carbocycles. The van der Waals surface area contributed by atoms with Crippen molar-refractivity contribution < 1.29 is 32.4 Å². The van der Waals surface area contributed by atoms with Crippen LogP contribution >= 0.6 is 11.3 Å². The van der Waals surface area contributed by atoms with Crippen LogP contribution in [0.3, 0.4) is 0 Å². The molecule has 2 aliphatic rings. The van der Waals surface area contributed by atoms with E-state index in [1.54, 1.807) is 6.92 Å². The molecule has 0 bridgehead atoms. The fourth-order valence-electron chi connectivity index (χ4n) is 4.62. The Balaban J connectivity index is 1.45. The van der Waals surface area contributed by atoms with Crippen molar-refractivity contribution in [3.63, 3.8) is 0 Å². The SMILES string of the molecule is CCOC(=O)N1CCN(S(=O)(=O)c2ccc(C(=O)Nc3sc4c(c3C(N)=O)CC[NH+](CC)C4)cc2)CC1. The number of quaternary nitrogens is 1. The monoisotopic (exact) mass is 550 g/mol.